The van der Waals surface area contributed by atoms with Crippen LogP contribution in [0.1, 0.15) is 48.2 Å². The van der Waals surface area contributed by atoms with Gasteiger partial charge in [-0.3, -0.25) is 9.59 Å². The van der Waals surface area contributed by atoms with Crippen molar-refractivity contribution in [3.63, 3.8) is 0 Å². The molecule has 4 atom stereocenters. The minimum atomic E-state index is -0.601. The largest absolute Gasteiger partial charge is 0.384 e. The number of aryl methyl sites for hydroxylation is 2. The highest BCUT2D eigenvalue weighted by molar-refractivity contribution is 5.89. The summed E-state index contributed by atoms with van der Waals surface area (Å²) in [6.45, 7) is 4.63. The Morgan fingerprint density at radius 2 is 2.13 bits per heavy atom. The van der Waals surface area contributed by atoms with Crippen LogP contribution in [-0.4, -0.2) is 35.4 Å². The summed E-state index contributed by atoms with van der Waals surface area (Å²) in [6, 6.07) is 11.2. The first-order valence-corrected chi connectivity index (χ1v) is 11.0. The first kappa shape index (κ1) is 21.3. The lowest BCUT2D eigenvalue weighted by Crippen LogP contribution is -2.50. The van der Waals surface area contributed by atoms with Crippen LogP contribution in [0.25, 0.3) is 0 Å². The van der Waals surface area contributed by atoms with Crippen molar-refractivity contribution in [3.8, 4) is 0 Å². The molecule has 31 heavy (non-hydrogen) atoms. The Hall–Kier alpha value is -2.93. The Labute approximate surface area is 183 Å². The van der Waals surface area contributed by atoms with Crippen LogP contribution in [0.2, 0.25) is 0 Å². The molecule has 1 saturated heterocycles. The van der Waals surface area contributed by atoms with Gasteiger partial charge < -0.3 is 21.7 Å². The van der Waals surface area contributed by atoms with Crippen LogP contribution in [0.5, 0.6) is 0 Å². The highest BCUT2D eigenvalue weighted by Gasteiger charge is 2.32. The number of pyridine rings is 1. The van der Waals surface area contributed by atoms with E-state index in [9.17, 15) is 9.59 Å². The van der Waals surface area contributed by atoms with Crippen molar-refractivity contribution < 1.29 is 9.59 Å². The fraction of sp³-hybridized carbons (Fsp3) is 0.458. The van der Waals surface area contributed by atoms with Gasteiger partial charge in [0.1, 0.15) is 11.9 Å². The third-order valence-corrected chi connectivity index (χ3v) is 6.29. The maximum atomic E-state index is 12.7. The summed E-state index contributed by atoms with van der Waals surface area (Å²) < 4.78 is 0. The van der Waals surface area contributed by atoms with Gasteiger partial charge in [0, 0.05) is 5.69 Å². The number of nitrogen functional groups attached to an aromatic ring is 1. The highest BCUT2D eigenvalue weighted by Crippen LogP contribution is 2.30. The number of fused-ring (bicyclic) bond motifs is 1. The lowest BCUT2D eigenvalue weighted by Gasteiger charge is -2.20. The minimum absolute atomic E-state index is 0.0849. The summed E-state index contributed by atoms with van der Waals surface area (Å²) in [5.74, 6) is 0.612. The predicted octanol–water partition coefficient (Wildman–Crippen LogP) is 1.80. The molecule has 2 heterocycles. The molecule has 5 N–H and O–H groups in total. The van der Waals surface area contributed by atoms with Crippen molar-refractivity contribution in [2.24, 2.45) is 5.92 Å². The van der Waals surface area contributed by atoms with Gasteiger partial charge in [0.2, 0.25) is 11.8 Å². The average Bonchev–Trinajstić information content (AvgIpc) is 3.35. The third-order valence-electron chi connectivity index (χ3n) is 6.29. The molecule has 1 aromatic carbocycles. The van der Waals surface area contributed by atoms with Crippen LogP contribution in [0.3, 0.4) is 0 Å². The predicted molar refractivity (Wildman–Crippen MR) is 120 cm³/mol. The Bertz CT molecular complexity index is 976. The lowest BCUT2D eigenvalue weighted by atomic mass is 9.95. The molecule has 7 nitrogen and oxygen atoms in total. The van der Waals surface area contributed by atoms with Crippen LogP contribution in [0, 0.1) is 12.8 Å². The summed E-state index contributed by atoms with van der Waals surface area (Å²) >= 11 is 0. The van der Waals surface area contributed by atoms with Gasteiger partial charge in [0.25, 0.3) is 0 Å². The maximum Gasteiger partial charge on any atom is 0.242 e. The number of aromatic nitrogens is 1. The summed E-state index contributed by atoms with van der Waals surface area (Å²) in [5, 5.41) is 9.23. The topological polar surface area (TPSA) is 109 Å². The average molecular weight is 422 g/mol. The number of carbonyl (C=O) groups excluding carboxylic acids is 2. The van der Waals surface area contributed by atoms with Gasteiger partial charge in [-0.2, -0.15) is 0 Å². The zero-order chi connectivity index (χ0) is 22.0. The van der Waals surface area contributed by atoms with Gasteiger partial charge in [-0.25, -0.2) is 4.98 Å². The fourth-order valence-corrected chi connectivity index (χ4v) is 4.65. The van der Waals surface area contributed by atoms with E-state index in [1.165, 1.54) is 11.1 Å². The van der Waals surface area contributed by atoms with Gasteiger partial charge in [-0.05, 0) is 69.2 Å². The fourth-order valence-electron chi connectivity index (χ4n) is 4.65. The molecule has 1 aromatic heterocycles. The number of benzene rings is 1. The maximum absolute atomic E-state index is 12.7. The molecule has 1 aliphatic carbocycles. The molecule has 4 rings (SSSR count). The number of carbonyl (C=O) groups is 2. The van der Waals surface area contributed by atoms with Crippen molar-refractivity contribution in [3.05, 3.63) is 58.8 Å². The molecule has 0 bridgehead atoms. The SMILES string of the molecule is Cc1cccc(C[C@@H]2CN[C@@H](C(=O)N[C@@H](C)C(=O)NC3CCc4nc(N)ccc43)C2)c1. The molecule has 2 aliphatic rings. The zero-order valence-corrected chi connectivity index (χ0v) is 18.2. The van der Waals surface area contributed by atoms with E-state index in [1.54, 1.807) is 13.0 Å². The molecule has 0 spiro atoms. The molecule has 1 unspecified atom stereocenters. The second kappa shape index (κ2) is 9.06. The van der Waals surface area contributed by atoms with E-state index in [2.05, 4.69) is 52.1 Å². The van der Waals surface area contributed by atoms with Crippen LogP contribution in [0.4, 0.5) is 5.82 Å². The smallest absolute Gasteiger partial charge is 0.242 e. The van der Waals surface area contributed by atoms with E-state index in [0.29, 0.717) is 11.7 Å². The van der Waals surface area contributed by atoms with Crippen molar-refractivity contribution in [1.82, 2.24) is 20.9 Å². The molecule has 0 radical (unpaired) electrons. The molecule has 1 aliphatic heterocycles. The number of nitrogens with one attached hydrogen (secondary N) is 3. The second-order valence-electron chi connectivity index (χ2n) is 8.86. The Balaban J connectivity index is 1.26. The molecule has 2 aromatic rings. The summed E-state index contributed by atoms with van der Waals surface area (Å²) in [4.78, 5) is 29.7. The number of anilines is 1. The van der Waals surface area contributed by atoms with Crippen molar-refractivity contribution in [1.29, 1.82) is 0 Å². The quantitative estimate of drug-likeness (QED) is 0.569. The Morgan fingerprint density at radius 1 is 1.29 bits per heavy atom. The number of hydrogen-bond acceptors (Lipinski definition) is 5. The highest BCUT2D eigenvalue weighted by atomic mass is 16.2. The third kappa shape index (κ3) is 5.05. The number of hydrogen-bond donors (Lipinski definition) is 4. The van der Waals surface area contributed by atoms with Gasteiger partial charge >= 0.3 is 0 Å². The molecular formula is C24H31N5O2. The zero-order valence-electron chi connectivity index (χ0n) is 18.2. The van der Waals surface area contributed by atoms with E-state index in [1.807, 2.05) is 6.07 Å². The van der Waals surface area contributed by atoms with Crippen LogP contribution in [0.15, 0.2) is 36.4 Å². The molecular weight excluding hydrogens is 390 g/mol. The van der Waals surface area contributed by atoms with Crippen molar-refractivity contribution in [2.75, 3.05) is 12.3 Å². The Morgan fingerprint density at radius 3 is 2.94 bits per heavy atom. The van der Waals surface area contributed by atoms with Crippen LogP contribution in [-0.2, 0) is 22.4 Å². The van der Waals surface area contributed by atoms with E-state index in [-0.39, 0.29) is 23.9 Å². The van der Waals surface area contributed by atoms with Gasteiger partial charge in [-0.15, -0.1) is 0 Å². The standard InChI is InChI=1S/C24H31N5O2/c1-14-4-3-5-16(10-14)11-17-12-21(26-13-17)24(31)27-15(2)23(30)29-20-8-7-19-18(20)6-9-22(25)28-19/h3-6,9-10,15,17,20-21,26H,7-8,11-13H2,1-2H3,(H2,25,28)(H,27,31)(H,29,30)/t15-,17-,20?,21+/m0/s1. The molecule has 164 valence electrons. The number of rotatable bonds is 6. The van der Waals surface area contributed by atoms with Crippen LogP contribution < -0.4 is 21.7 Å². The van der Waals surface area contributed by atoms with Gasteiger partial charge in [-0.1, -0.05) is 35.9 Å². The molecule has 0 saturated carbocycles. The first-order valence-electron chi connectivity index (χ1n) is 11.0. The molecule has 7 heteroatoms. The normalized spacial score (nSPS) is 23.2. The second-order valence-corrected chi connectivity index (χ2v) is 8.86. The van der Waals surface area contributed by atoms with E-state index < -0.39 is 6.04 Å². The van der Waals surface area contributed by atoms with E-state index in [4.69, 9.17) is 5.73 Å². The van der Waals surface area contributed by atoms with Gasteiger partial charge in [0.15, 0.2) is 0 Å². The van der Waals surface area contributed by atoms with Gasteiger partial charge in [0.05, 0.1) is 12.1 Å². The minimum Gasteiger partial charge on any atom is -0.384 e. The van der Waals surface area contributed by atoms with Crippen LogP contribution >= 0.6 is 0 Å². The van der Waals surface area contributed by atoms with Crippen molar-refractivity contribution >= 4 is 17.6 Å². The monoisotopic (exact) mass is 421 g/mol. The lowest BCUT2D eigenvalue weighted by molar-refractivity contribution is -0.129. The number of nitrogens with zero attached hydrogens (tertiary/aromatic N) is 1. The number of nitrogens with two attached hydrogens (primary N) is 1. The summed E-state index contributed by atoms with van der Waals surface area (Å²) in [7, 11) is 0. The van der Waals surface area contributed by atoms with E-state index >= 15 is 0 Å². The summed E-state index contributed by atoms with van der Waals surface area (Å²) in [5.41, 5.74) is 10.3. The Kier molecular flexibility index (Phi) is 6.23. The first-order chi connectivity index (χ1) is 14.9. The van der Waals surface area contributed by atoms with E-state index in [0.717, 1.165) is 43.5 Å². The number of amides is 2. The summed E-state index contributed by atoms with van der Waals surface area (Å²) in [6.07, 6.45) is 3.31. The molecule has 2 amide bonds. The van der Waals surface area contributed by atoms with Crippen molar-refractivity contribution in [2.45, 2.75) is 57.7 Å². The molecule has 1 fully saturated rings.